The lowest BCUT2D eigenvalue weighted by Gasteiger charge is -2.50. The first-order valence-electron chi connectivity index (χ1n) is 14.2. The van der Waals surface area contributed by atoms with Crippen LogP contribution in [0.3, 0.4) is 0 Å². The highest BCUT2D eigenvalue weighted by molar-refractivity contribution is 5.94. The second-order valence-electron chi connectivity index (χ2n) is 11.9. The molecule has 3 rings (SSSR count). The number of nitrogens with zero attached hydrogens (tertiary/aromatic N) is 1. The summed E-state index contributed by atoms with van der Waals surface area (Å²) in [5.41, 5.74) is 1.78. The SMILES string of the molecule is CCCCCCCCCCOc1ccc(-c2ccc(C(=O)NC3CC(C)(C)N([O])C(C)(C)C3)cc2)cc1. The molecule has 1 aliphatic heterocycles. The maximum absolute atomic E-state index is 12.9. The number of piperidine rings is 1. The number of hydroxylamine groups is 2. The van der Waals surface area contributed by atoms with Crippen LogP contribution in [0.5, 0.6) is 5.75 Å². The fraction of sp³-hybridized carbons (Fsp3) is 0.594. The normalized spacial score (nSPS) is 17.5. The van der Waals surface area contributed by atoms with E-state index >= 15 is 0 Å². The van der Waals surface area contributed by atoms with Gasteiger partial charge in [0, 0.05) is 22.7 Å². The summed E-state index contributed by atoms with van der Waals surface area (Å²) >= 11 is 0. The van der Waals surface area contributed by atoms with Crippen molar-refractivity contribution in [2.75, 3.05) is 6.61 Å². The number of benzene rings is 2. The first-order valence-corrected chi connectivity index (χ1v) is 14.2. The smallest absolute Gasteiger partial charge is 0.251 e. The summed E-state index contributed by atoms with van der Waals surface area (Å²) in [6.07, 6.45) is 11.6. The number of carbonyl (C=O) groups is 1. The number of carbonyl (C=O) groups excluding carboxylic acids is 1. The molecule has 0 spiro atoms. The van der Waals surface area contributed by atoms with Crippen LogP contribution in [0.1, 0.15) is 109 Å². The van der Waals surface area contributed by atoms with Gasteiger partial charge in [0.05, 0.1) is 6.61 Å². The molecule has 0 aromatic heterocycles. The summed E-state index contributed by atoms with van der Waals surface area (Å²) in [4.78, 5) is 12.9. The molecule has 0 bridgehead atoms. The highest BCUT2D eigenvalue weighted by Crippen LogP contribution is 2.37. The Kier molecular flexibility index (Phi) is 10.6. The summed E-state index contributed by atoms with van der Waals surface area (Å²) in [5, 5.41) is 16.9. The van der Waals surface area contributed by atoms with Crippen LogP contribution in [-0.4, -0.2) is 34.7 Å². The number of rotatable bonds is 13. The van der Waals surface area contributed by atoms with Gasteiger partial charge in [0.15, 0.2) is 0 Å². The molecule has 1 N–H and O–H groups in total. The third-order valence-electron chi connectivity index (χ3n) is 7.53. The van der Waals surface area contributed by atoms with Crippen LogP contribution in [0.4, 0.5) is 0 Å². The Bertz CT molecular complexity index is 949. The van der Waals surface area contributed by atoms with Crippen molar-refractivity contribution >= 4 is 5.91 Å². The molecule has 1 aliphatic rings. The maximum Gasteiger partial charge on any atom is 0.251 e. The Morgan fingerprint density at radius 2 is 1.30 bits per heavy atom. The Morgan fingerprint density at radius 1 is 0.811 bits per heavy atom. The second kappa shape index (κ2) is 13.4. The molecule has 2 aromatic carbocycles. The molecule has 0 unspecified atom stereocenters. The van der Waals surface area contributed by atoms with Crippen molar-refractivity contribution < 1.29 is 14.7 Å². The van der Waals surface area contributed by atoms with Gasteiger partial charge in [0.1, 0.15) is 5.75 Å². The van der Waals surface area contributed by atoms with Gasteiger partial charge in [-0.25, -0.2) is 0 Å². The number of hydrogen-bond acceptors (Lipinski definition) is 3. The maximum atomic E-state index is 12.9. The predicted octanol–water partition coefficient (Wildman–Crippen LogP) is 7.97. The van der Waals surface area contributed by atoms with Crippen molar-refractivity contribution in [3.63, 3.8) is 0 Å². The quantitative estimate of drug-likeness (QED) is 0.280. The molecular formula is C32H47N2O3. The van der Waals surface area contributed by atoms with Crippen LogP contribution in [-0.2, 0) is 5.21 Å². The molecule has 1 heterocycles. The van der Waals surface area contributed by atoms with E-state index in [0.717, 1.165) is 29.9 Å². The lowest BCUT2D eigenvalue weighted by molar-refractivity contribution is -0.289. The Balaban J connectivity index is 1.45. The van der Waals surface area contributed by atoms with Crippen molar-refractivity contribution in [1.29, 1.82) is 0 Å². The molecule has 1 radical (unpaired) electrons. The highest BCUT2D eigenvalue weighted by atomic mass is 16.5. The van der Waals surface area contributed by atoms with Crippen molar-refractivity contribution in [3.8, 4) is 16.9 Å². The van der Waals surface area contributed by atoms with Crippen LogP contribution >= 0.6 is 0 Å². The van der Waals surface area contributed by atoms with Gasteiger partial charge in [0.2, 0.25) is 0 Å². The first-order chi connectivity index (χ1) is 17.6. The topological polar surface area (TPSA) is 61.5 Å². The van der Waals surface area contributed by atoms with E-state index in [1.807, 2.05) is 64.1 Å². The highest BCUT2D eigenvalue weighted by Gasteiger charge is 2.46. The third kappa shape index (κ3) is 8.58. The van der Waals surface area contributed by atoms with E-state index < -0.39 is 11.1 Å². The zero-order valence-corrected chi connectivity index (χ0v) is 23.6. The van der Waals surface area contributed by atoms with Gasteiger partial charge in [-0.15, -0.1) is 10.3 Å². The van der Waals surface area contributed by atoms with Crippen LogP contribution in [0.15, 0.2) is 48.5 Å². The number of hydrogen-bond donors (Lipinski definition) is 1. The Hall–Kier alpha value is -2.37. The molecule has 1 saturated heterocycles. The summed E-state index contributed by atoms with van der Waals surface area (Å²) in [6.45, 7) is 10.8. The molecule has 5 nitrogen and oxygen atoms in total. The number of nitrogens with one attached hydrogen (secondary N) is 1. The minimum Gasteiger partial charge on any atom is -0.494 e. The molecule has 203 valence electrons. The van der Waals surface area contributed by atoms with E-state index in [4.69, 9.17) is 4.74 Å². The summed E-state index contributed by atoms with van der Waals surface area (Å²) in [5.74, 6) is 0.810. The van der Waals surface area contributed by atoms with E-state index in [1.165, 1.54) is 50.0 Å². The molecule has 2 aromatic rings. The van der Waals surface area contributed by atoms with Crippen LogP contribution in [0.2, 0.25) is 0 Å². The summed E-state index contributed by atoms with van der Waals surface area (Å²) in [6, 6.07) is 15.9. The predicted molar refractivity (Wildman–Crippen MR) is 151 cm³/mol. The van der Waals surface area contributed by atoms with Crippen LogP contribution in [0.25, 0.3) is 11.1 Å². The number of unbranched alkanes of at least 4 members (excludes halogenated alkanes) is 7. The second-order valence-corrected chi connectivity index (χ2v) is 11.9. The first kappa shape index (κ1) is 29.2. The van der Waals surface area contributed by atoms with Gasteiger partial charge in [-0.3, -0.25) is 4.79 Å². The molecule has 1 amide bonds. The standard InChI is InChI=1S/C32H47N2O3/c1-6-7-8-9-10-11-12-13-22-37-29-20-18-26(19-21-29)25-14-16-27(17-15-25)30(35)33-28-23-31(2,3)34(36)32(4,5)24-28/h14-21,28H,6-13,22-24H2,1-5H3,(H,33,35). The lowest BCUT2D eigenvalue weighted by atomic mass is 9.79. The van der Waals surface area contributed by atoms with E-state index in [0.29, 0.717) is 18.4 Å². The van der Waals surface area contributed by atoms with Crippen molar-refractivity contribution in [2.45, 2.75) is 116 Å². The zero-order chi connectivity index (χ0) is 26.9. The van der Waals surface area contributed by atoms with Gasteiger partial charge < -0.3 is 10.1 Å². The van der Waals surface area contributed by atoms with Gasteiger partial charge in [-0.2, -0.15) is 0 Å². The van der Waals surface area contributed by atoms with Gasteiger partial charge in [-0.05, 0) is 82.3 Å². The molecule has 0 atom stereocenters. The Labute approximate surface area is 224 Å². The van der Waals surface area contributed by atoms with Crippen LogP contribution < -0.4 is 10.1 Å². The zero-order valence-electron chi connectivity index (χ0n) is 23.6. The number of amides is 1. The molecule has 0 saturated carbocycles. The van der Waals surface area contributed by atoms with Gasteiger partial charge in [-0.1, -0.05) is 76.1 Å². The summed E-state index contributed by atoms with van der Waals surface area (Å²) in [7, 11) is 0. The number of ether oxygens (including phenoxy) is 1. The van der Waals surface area contributed by atoms with Crippen LogP contribution in [0, 0.1) is 0 Å². The fourth-order valence-corrected chi connectivity index (χ4v) is 5.62. The minimum atomic E-state index is -0.507. The lowest BCUT2D eigenvalue weighted by Crippen LogP contribution is -2.62. The van der Waals surface area contributed by atoms with Crippen molar-refractivity contribution in [3.05, 3.63) is 54.1 Å². The third-order valence-corrected chi connectivity index (χ3v) is 7.53. The molecule has 1 fully saturated rings. The Morgan fingerprint density at radius 3 is 1.84 bits per heavy atom. The fourth-order valence-electron chi connectivity index (χ4n) is 5.62. The monoisotopic (exact) mass is 507 g/mol. The minimum absolute atomic E-state index is 0.0271. The van der Waals surface area contributed by atoms with E-state index in [-0.39, 0.29) is 11.9 Å². The van der Waals surface area contributed by atoms with E-state index in [2.05, 4.69) is 24.4 Å². The van der Waals surface area contributed by atoms with E-state index in [9.17, 15) is 10.0 Å². The van der Waals surface area contributed by atoms with Gasteiger partial charge >= 0.3 is 0 Å². The molecule has 37 heavy (non-hydrogen) atoms. The van der Waals surface area contributed by atoms with Crippen molar-refractivity contribution in [2.24, 2.45) is 0 Å². The molecular weight excluding hydrogens is 460 g/mol. The van der Waals surface area contributed by atoms with Gasteiger partial charge in [0.25, 0.3) is 5.91 Å². The molecule has 0 aliphatic carbocycles. The van der Waals surface area contributed by atoms with E-state index in [1.54, 1.807) is 0 Å². The average Bonchev–Trinajstić information content (AvgIpc) is 2.86. The molecule has 5 heteroatoms. The van der Waals surface area contributed by atoms with Crippen molar-refractivity contribution in [1.82, 2.24) is 10.4 Å². The average molecular weight is 508 g/mol. The summed E-state index contributed by atoms with van der Waals surface area (Å²) < 4.78 is 5.93. The largest absolute Gasteiger partial charge is 0.494 e.